The van der Waals surface area contributed by atoms with E-state index in [-0.39, 0.29) is 32.7 Å². The van der Waals surface area contributed by atoms with Gasteiger partial charge in [-0.15, -0.1) is 0 Å². The average Bonchev–Trinajstić information content (AvgIpc) is 2.82. The molecule has 0 atom stereocenters. The van der Waals surface area contributed by atoms with Crippen LogP contribution in [0.15, 0.2) is 54.6 Å². The van der Waals surface area contributed by atoms with Crippen molar-refractivity contribution in [2.75, 3.05) is 37.6 Å². The van der Waals surface area contributed by atoms with Gasteiger partial charge in [0.05, 0.1) is 24.9 Å². The van der Waals surface area contributed by atoms with E-state index in [4.69, 9.17) is 9.47 Å². The van der Waals surface area contributed by atoms with Gasteiger partial charge in [0.15, 0.2) is 0 Å². The Kier molecular flexibility index (Phi) is 7.83. The van der Waals surface area contributed by atoms with Crippen molar-refractivity contribution in [1.82, 2.24) is 9.21 Å². The number of anilines is 1. The van der Waals surface area contributed by atoms with Crippen molar-refractivity contribution in [3.8, 4) is 0 Å². The minimum atomic E-state index is -3.89. The Bertz CT molecular complexity index is 1090. The molecule has 1 saturated heterocycles. The summed E-state index contributed by atoms with van der Waals surface area (Å²) in [6.07, 6.45) is -0.449. The molecule has 1 aliphatic heterocycles. The van der Waals surface area contributed by atoms with Gasteiger partial charge in [0.25, 0.3) is 0 Å². The van der Waals surface area contributed by atoms with Crippen LogP contribution in [0.4, 0.5) is 10.5 Å². The van der Waals surface area contributed by atoms with Crippen LogP contribution >= 0.6 is 0 Å². The van der Waals surface area contributed by atoms with Crippen molar-refractivity contribution in [3.63, 3.8) is 0 Å². The van der Waals surface area contributed by atoms with Crippen LogP contribution in [-0.4, -0.2) is 68.6 Å². The Labute approximate surface area is 201 Å². The second kappa shape index (κ2) is 10.4. The summed E-state index contributed by atoms with van der Waals surface area (Å²) in [5.41, 5.74) is 1.01. The summed E-state index contributed by atoms with van der Waals surface area (Å²) >= 11 is 0. The van der Waals surface area contributed by atoms with E-state index in [0.29, 0.717) is 16.8 Å². The zero-order valence-electron chi connectivity index (χ0n) is 19.9. The number of rotatable bonds is 6. The molecule has 1 heterocycles. The Hall–Kier alpha value is -3.11. The SMILES string of the molecule is COC(=O)c1ccc(CN(c2ccccc2)S(=O)(=O)N2CCN(C(=O)OC(C)(C)C)CC2)cc1. The number of carbonyl (C=O) groups is 2. The third kappa shape index (κ3) is 6.27. The second-order valence-corrected chi connectivity index (χ2v) is 10.8. The maximum absolute atomic E-state index is 13.7. The first-order valence-electron chi connectivity index (χ1n) is 11.0. The summed E-state index contributed by atoms with van der Waals surface area (Å²) in [5, 5.41) is 0. The summed E-state index contributed by atoms with van der Waals surface area (Å²) in [5.74, 6) is -0.457. The smallest absolute Gasteiger partial charge is 0.410 e. The highest BCUT2D eigenvalue weighted by Gasteiger charge is 2.35. The van der Waals surface area contributed by atoms with Gasteiger partial charge in [0.1, 0.15) is 5.60 Å². The van der Waals surface area contributed by atoms with Gasteiger partial charge in [-0.2, -0.15) is 12.7 Å². The van der Waals surface area contributed by atoms with Crippen molar-refractivity contribution in [3.05, 3.63) is 65.7 Å². The van der Waals surface area contributed by atoms with Gasteiger partial charge < -0.3 is 14.4 Å². The maximum atomic E-state index is 13.7. The van der Waals surface area contributed by atoms with Crippen LogP contribution in [0.25, 0.3) is 0 Å². The minimum Gasteiger partial charge on any atom is -0.465 e. The molecule has 0 unspecified atom stereocenters. The molecule has 34 heavy (non-hydrogen) atoms. The molecule has 9 nitrogen and oxygen atoms in total. The molecule has 1 aliphatic rings. The van der Waals surface area contributed by atoms with E-state index in [2.05, 4.69) is 0 Å². The largest absolute Gasteiger partial charge is 0.465 e. The van der Waals surface area contributed by atoms with Crippen LogP contribution in [0, 0.1) is 0 Å². The van der Waals surface area contributed by atoms with E-state index < -0.39 is 27.9 Å². The summed E-state index contributed by atoms with van der Waals surface area (Å²) in [7, 11) is -2.59. The van der Waals surface area contributed by atoms with Crippen LogP contribution < -0.4 is 4.31 Å². The van der Waals surface area contributed by atoms with E-state index in [1.807, 2.05) is 6.07 Å². The lowest BCUT2D eigenvalue weighted by Gasteiger charge is -2.37. The number of para-hydroxylation sites is 1. The molecule has 0 spiro atoms. The number of nitrogens with zero attached hydrogens (tertiary/aromatic N) is 3. The normalized spacial score (nSPS) is 15.0. The van der Waals surface area contributed by atoms with Crippen molar-refractivity contribution in [2.45, 2.75) is 32.9 Å². The lowest BCUT2D eigenvalue weighted by Crippen LogP contribution is -2.54. The van der Waals surface area contributed by atoms with Crippen molar-refractivity contribution in [1.29, 1.82) is 0 Å². The van der Waals surface area contributed by atoms with Gasteiger partial charge >= 0.3 is 22.3 Å². The van der Waals surface area contributed by atoms with Gasteiger partial charge in [-0.05, 0) is 50.6 Å². The fourth-order valence-electron chi connectivity index (χ4n) is 3.50. The monoisotopic (exact) mass is 489 g/mol. The van der Waals surface area contributed by atoms with Crippen LogP contribution in [0.2, 0.25) is 0 Å². The average molecular weight is 490 g/mol. The first kappa shape index (κ1) is 25.5. The predicted molar refractivity (Wildman–Crippen MR) is 129 cm³/mol. The molecule has 0 saturated carbocycles. The standard InChI is InChI=1S/C24H31N3O6S/c1-24(2,3)33-23(29)25-14-16-26(17-15-25)34(30,31)27(21-8-6-5-7-9-21)18-19-10-12-20(13-11-19)22(28)32-4/h5-13H,14-18H2,1-4H3. The first-order chi connectivity index (χ1) is 16.0. The Balaban J connectivity index is 1.79. The predicted octanol–water partition coefficient (Wildman–Crippen LogP) is 3.28. The van der Waals surface area contributed by atoms with Crippen molar-refractivity contribution < 1.29 is 27.5 Å². The van der Waals surface area contributed by atoms with E-state index >= 15 is 0 Å². The number of methoxy groups -OCH3 is 1. The lowest BCUT2D eigenvalue weighted by atomic mass is 10.1. The fourth-order valence-corrected chi connectivity index (χ4v) is 5.10. The highest BCUT2D eigenvalue weighted by Crippen LogP contribution is 2.24. The zero-order chi connectivity index (χ0) is 24.9. The fraction of sp³-hybridized carbons (Fsp3) is 0.417. The molecule has 2 aromatic carbocycles. The molecule has 0 bridgehead atoms. The molecule has 3 rings (SSSR count). The van der Waals surface area contributed by atoms with Gasteiger partial charge in [-0.25, -0.2) is 9.59 Å². The Morgan fingerprint density at radius 2 is 1.53 bits per heavy atom. The maximum Gasteiger partial charge on any atom is 0.410 e. The van der Waals surface area contributed by atoms with Gasteiger partial charge in [-0.1, -0.05) is 30.3 Å². The number of hydrogen-bond donors (Lipinski definition) is 0. The molecule has 1 fully saturated rings. The van der Waals surface area contributed by atoms with Crippen molar-refractivity contribution in [2.24, 2.45) is 0 Å². The molecule has 10 heteroatoms. The molecule has 0 N–H and O–H groups in total. The number of carbonyl (C=O) groups excluding carboxylic acids is 2. The minimum absolute atomic E-state index is 0.0834. The number of esters is 1. The van der Waals surface area contributed by atoms with Crippen LogP contribution in [0.5, 0.6) is 0 Å². The first-order valence-corrected chi connectivity index (χ1v) is 12.4. The van der Waals surface area contributed by atoms with Gasteiger partial charge in [-0.3, -0.25) is 4.31 Å². The molecule has 184 valence electrons. The topological polar surface area (TPSA) is 96.5 Å². The number of amides is 1. The Morgan fingerprint density at radius 3 is 2.06 bits per heavy atom. The number of ether oxygens (including phenoxy) is 2. The molecule has 1 amide bonds. The highest BCUT2D eigenvalue weighted by molar-refractivity contribution is 7.90. The van der Waals surface area contributed by atoms with E-state index in [1.54, 1.807) is 69.3 Å². The molecular formula is C24H31N3O6S. The lowest BCUT2D eigenvalue weighted by molar-refractivity contribution is 0.0192. The van der Waals surface area contributed by atoms with Crippen molar-refractivity contribution >= 4 is 28.0 Å². The van der Waals surface area contributed by atoms with Gasteiger partial charge in [0, 0.05) is 26.2 Å². The van der Waals surface area contributed by atoms with E-state index in [1.165, 1.54) is 20.6 Å². The number of benzene rings is 2. The highest BCUT2D eigenvalue weighted by atomic mass is 32.2. The molecule has 0 aliphatic carbocycles. The van der Waals surface area contributed by atoms with Crippen LogP contribution in [0.1, 0.15) is 36.7 Å². The van der Waals surface area contributed by atoms with E-state index in [9.17, 15) is 18.0 Å². The molecular weight excluding hydrogens is 458 g/mol. The van der Waals surface area contributed by atoms with Gasteiger partial charge in [0.2, 0.25) is 0 Å². The van der Waals surface area contributed by atoms with E-state index in [0.717, 1.165) is 0 Å². The summed E-state index contributed by atoms with van der Waals surface area (Å²) in [6, 6.07) is 15.5. The summed E-state index contributed by atoms with van der Waals surface area (Å²) in [4.78, 5) is 25.6. The number of piperazine rings is 1. The second-order valence-electron chi connectivity index (χ2n) is 8.90. The quantitative estimate of drug-likeness (QED) is 0.578. The molecule has 0 radical (unpaired) electrons. The third-order valence-corrected chi connectivity index (χ3v) is 7.16. The zero-order valence-corrected chi connectivity index (χ0v) is 20.7. The molecule has 2 aromatic rings. The molecule has 0 aromatic heterocycles. The summed E-state index contributed by atoms with van der Waals surface area (Å²) in [6.45, 7) is 6.26. The number of hydrogen-bond acceptors (Lipinski definition) is 6. The van der Waals surface area contributed by atoms with Crippen LogP contribution in [0.3, 0.4) is 0 Å². The third-order valence-electron chi connectivity index (χ3n) is 5.24. The Morgan fingerprint density at radius 1 is 0.941 bits per heavy atom. The van der Waals surface area contributed by atoms with Crippen LogP contribution in [-0.2, 0) is 26.2 Å². The summed E-state index contributed by atoms with van der Waals surface area (Å²) < 4.78 is 40.2.